The van der Waals surface area contributed by atoms with Gasteiger partial charge in [-0.15, -0.1) is 0 Å². The first-order valence-corrected chi connectivity index (χ1v) is 6.18. The molecule has 0 spiro atoms. The van der Waals surface area contributed by atoms with Crippen LogP contribution in [0.3, 0.4) is 0 Å². The molecule has 2 atom stereocenters. The van der Waals surface area contributed by atoms with E-state index < -0.39 is 0 Å². The highest BCUT2D eigenvalue weighted by Crippen LogP contribution is 2.26. The summed E-state index contributed by atoms with van der Waals surface area (Å²) in [6, 6.07) is 6.50. The zero-order chi connectivity index (χ0) is 13.1. The molecular formula is C14H25N3. The molecule has 0 bridgehead atoms. The largest absolute Gasteiger partial charge is 0.327 e. The summed E-state index contributed by atoms with van der Waals surface area (Å²) in [5.41, 5.74) is 7.37. The quantitative estimate of drug-likeness (QED) is 0.870. The molecule has 0 aliphatic heterocycles. The van der Waals surface area contributed by atoms with Crippen molar-refractivity contribution in [3.63, 3.8) is 0 Å². The first-order chi connectivity index (χ1) is 7.82. The minimum Gasteiger partial charge on any atom is -0.327 e. The van der Waals surface area contributed by atoms with E-state index in [2.05, 4.69) is 50.7 Å². The van der Waals surface area contributed by atoms with E-state index in [-0.39, 0.29) is 11.5 Å². The normalized spacial score (nSPS) is 15.9. The van der Waals surface area contributed by atoms with Gasteiger partial charge in [0.1, 0.15) is 0 Å². The van der Waals surface area contributed by atoms with Crippen LogP contribution in [0.4, 0.5) is 0 Å². The van der Waals surface area contributed by atoms with Gasteiger partial charge in [-0.1, -0.05) is 26.8 Å². The van der Waals surface area contributed by atoms with Crippen LogP contribution in [0.25, 0.3) is 0 Å². The molecule has 1 aromatic rings. The van der Waals surface area contributed by atoms with Crippen molar-refractivity contribution < 1.29 is 0 Å². The lowest BCUT2D eigenvalue weighted by Crippen LogP contribution is -2.51. The highest BCUT2D eigenvalue weighted by molar-refractivity contribution is 5.04. The first-order valence-electron chi connectivity index (χ1n) is 6.18. The Hall–Kier alpha value is -0.930. The van der Waals surface area contributed by atoms with Crippen LogP contribution in [0, 0.1) is 5.41 Å². The van der Waals surface area contributed by atoms with Crippen molar-refractivity contribution in [1.29, 1.82) is 0 Å². The maximum atomic E-state index is 6.12. The van der Waals surface area contributed by atoms with Gasteiger partial charge in [0.2, 0.25) is 0 Å². The van der Waals surface area contributed by atoms with Crippen LogP contribution in [-0.2, 0) is 6.54 Å². The summed E-state index contributed by atoms with van der Waals surface area (Å²) in [5, 5.41) is 0. The molecular weight excluding hydrogens is 210 g/mol. The first kappa shape index (κ1) is 14.1. The predicted molar refractivity (Wildman–Crippen MR) is 72.6 cm³/mol. The summed E-state index contributed by atoms with van der Waals surface area (Å²) in [4.78, 5) is 6.66. The number of hydrogen-bond acceptors (Lipinski definition) is 3. The molecule has 1 rings (SSSR count). The third kappa shape index (κ3) is 4.10. The molecule has 96 valence electrons. The average Bonchev–Trinajstić information content (AvgIpc) is 2.15. The van der Waals surface area contributed by atoms with Crippen molar-refractivity contribution in [1.82, 2.24) is 9.88 Å². The molecule has 0 saturated carbocycles. The van der Waals surface area contributed by atoms with E-state index >= 15 is 0 Å². The van der Waals surface area contributed by atoms with E-state index in [4.69, 9.17) is 5.73 Å². The van der Waals surface area contributed by atoms with Gasteiger partial charge in [0.25, 0.3) is 0 Å². The molecule has 0 radical (unpaired) electrons. The zero-order valence-electron chi connectivity index (χ0n) is 11.6. The molecule has 3 heteroatoms. The van der Waals surface area contributed by atoms with Crippen molar-refractivity contribution in [2.45, 2.75) is 46.3 Å². The van der Waals surface area contributed by atoms with Gasteiger partial charge in [0.05, 0.1) is 5.69 Å². The summed E-state index contributed by atoms with van der Waals surface area (Å²) in [7, 11) is 2.12. The summed E-state index contributed by atoms with van der Waals surface area (Å²) in [6.45, 7) is 9.61. The van der Waals surface area contributed by atoms with E-state index in [1.807, 2.05) is 18.3 Å². The Labute approximate surface area is 105 Å². The summed E-state index contributed by atoms with van der Waals surface area (Å²) >= 11 is 0. The van der Waals surface area contributed by atoms with E-state index in [0.717, 1.165) is 12.2 Å². The predicted octanol–water partition coefficient (Wildman–Crippen LogP) is 2.28. The Bertz CT molecular complexity index is 327. The molecule has 3 nitrogen and oxygen atoms in total. The number of rotatable bonds is 4. The smallest absolute Gasteiger partial charge is 0.0543 e. The van der Waals surface area contributed by atoms with Gasteiger partial charge in [0.15, 0.2) is 0 Å². The van der Waals surface area contributed by atoms with Gasteiger partial charge in [-0.3, -0.25) is 9.88 Å². The Morgan fingerprint density at radius 2 is 2.00 bits per heavy atom. The lowest BCUT2D eigenvalue weighted by molar-refractivity contribution is 0.0992. The highest BCUT2D eigenvalue weighted by atomic mass is 15.2. The van der Waals surface area contributed by atoms with Crippen molar-refractivity contribution in [2.24, 2.45) is 11.1 Å². The van der Waals surface area contributed by atoms with Crippen LogP contribution in [-0.4, -0.2) is 29.0 Å². The molecule has 2 unspecified atom stereocenters. The number of pyridine rings is 1. The molecule has 1 heterocycles. The van der Waals surface area contributed by atoms with Crippen molar-refractivity contribution in [3.05, 3.63) is 30.1 Å². The van der Waals surface area contributed by atoms with Crippen LogP contribution in [0.15, 0.2) is 24.4 Å². The SMILES string of the molecule is CC(N)C(N(C)Cc1ccccn1)C(C)(C)C. The van der Waals surface area contributed by atoms with Crippen LogP contribution < -0.4 is 5.73 Å². The number of likely N-dealkylation sites (N-methyl/N-ethyl adjacent to an activating group) is 1. The number of nitrogens with two attached hydrogens (primary N) is 1. The van der Waals surface area contributed by atoms with Crippen LogP contribution in [0.5, 0.6) is 0 Å². The van der Waals surface area contributed by atoms with Gasteiger partial charge >= 0.3 is 0 Å². The van der Waals surface area contributed by atoms with Crippen LogP contribution in [0.2, 0.25) is 0 Å². The third-order valence-corrected chi connectivity index (χ3v) is 3.00. The van der Waals surface area contributed by atoms with E-state index in [1.165, 1.54) is 0 Å². The molecule has 17 heavy (non-hydrogen) atoms. The fourth-order valence-electron chi connectivity index (χ4n) is 2.70. The maximum absolute atomic E-state index is 6.12. The second kappa shape index (κ2) is 5.61. The number of hydrogen-bond donors (Lipinski definition) is 1. The summed E-state index contributed by atoms with van der Waals surface area (Å²) < 4.78 is 0. The highest BCUT2D eigenvalue weighted by Gasteiger charge is 2.31. The number of nitrogens with zero attached hydrogens (tertiary/aromatic N) is 2. The van der Waals surface area contributed by atoms with Gasteiger partial charge in [-0.05, 0) is 31.5 Å². The Morgan fingerprint density at radius 3 is 2.41 bits per heavy atom. The minimum absolute atomic E-state index is 0.142. The van der Waals surface area contributed by atoms with E-state index in [1.54, 1.807) is 0 Å². The average molecular weight is 235 g/mol. The van der Waals surface area contributed by atoms with Crippen molar-refractivity contribution in [3.8, 4) is 0 Å². The Kier molecular flexibility index (Phi) is 4.66. The molecule has 0 amide bonds. The minimum atomic E-state index is 0.142. The molecule has 0 aliphatic rings. The maximum Gasteiger partial charge on any atom is 0.0543 e. The van der Waals surface area contributed by atoms with Crippen molar-refractivity contribution >= 4 is 0 Å². The molecule has 1 aromatic heterocycles. The summed E-state index contributed by atoms with van der Waals surface area (Å²) in [5.74, 6) is 0. The van der Waals surface area contributed by atoms with E-state index in [9.17, 15) is 0 Å². The zero-order valence-corrected chi connectivity index (χ0v) is 11.6. The standard InChI is InChI=1S/C14H25N3/c1-11(15)13(14(2,3)4)17(5)10-12-8-6-7-9-16-12/h6-9,11,13H,10,15H2,1-5H3. The lowest BCUT2D eigenvalue weighted by Gasteiger charge is -2.40. The van der Waals surface area contributed by atoms with E-state index in [0.29, 0.717) is 6.04 Å². The molecule has 0 saturated heterocycles. The second-order valence-corrected chi connectivity index (χ2v) is 5.91. The van der Waals surface area contributed by atoms with Gasteiger partial charge in [0, 0.05) is 24.8 Å². The topological polar surface area (TPSA) is 42.1 Å². The second-order valence-electron chi connectivity index (χ2n) is 5.91. The Morgan fingerprint density at radius 1 is 1.35 bits per heavy atom. The van der Waals surface area contributed by atoms with Crippen LogP contribution in [0.1, 0.15) is 33.4 Å². The molecule has 2 N–H and O–H groups in total. The molecule has 0 fully saturated rings. The third-order valence-electron chi connectivity index (χ3n) is 3.00. The van der Waals surface area contributed by atoms with Crippen molar-refractivity contribution in [2.75, 3.05) is 7.05 Å². The van der Waals surface area contributed by atoms with Crippen LogP contribution >= 0.6 is 0 Å². The van der Waals surface area contributed by atoms with Gasteiger partial charge in [-0.25, -0.2) is 0 Å². The molecule has 0 aromatic carbocycles. The number of aromatic nitrogens is 1. The molecule has 0 aliphatic carbocycles. The summed E-state index contributed by atoms with van der Waals surface area (Å²) in [6.07, 6.45) is 1.83. The Balaban J connectivity index is 2.77. The van der Waals surface area contributed by atoms with Gasteiger partial charge in [-0.2, -0.15) is 0 Å². The fourth-order valence-corrected chi connectivity index (χ4v) is 2.70. The monoisotopic (exact) mass is 235 g/mol. The van der Waals surface area contributed by atoms with Gasteiger partial charge < -0.3 is 5.73 Å². The lowest BCUT2D eigenvalue weighted by atomic mass is 9.82. The fraction of sp³-hybridized carbons (Fsp3) is 0.643.